The molecule has 0 fully saturated rings. The van der Waals surface area contributed by atoms with Gasteiger partial charge in [-0.2, -0.15) is 0 Å². The zero-order valence-electron chi connectivity index (χ0n) is 14.1. The summed E-state index contributed by atoms with van der Waals surface area (Å²) in [5.74, 6) is 0.103. The average molecular weight is 374 g/mol. The van der Waals surface area contributed by atoms with Gasteiger partial charge in [0.1, 0.15) is 16.7 Å². The monoisotopic (exact) mass is 374 g/mol. The van der Waals surface area contributed by atoms with Crippen LogP contribution in [0.15, 0.2) is 80.8 Å². The molecule has 5 rings (SSSR count). The first-order valence-electron chi connectivity index (χ1n) is 8.46. The van der Waals surface area contributed by atoms with Crippen molar-refractivity contribution in [2.24, 2.45) is 0 Å². The van der Waals surface area contributed by atoms with E-state index >= 15 is 0 Å². The Bertz CT molecular complexity index is 1260. The Labute approximate surface area is 158 Å². The highest BCUT2D eigenvalue weighted by Crippen LogP contribution is 2.30. The highest BCUT2D eigenvalue weighted by atomic mass is 32.2. The number of carbonyl (C=O) groups excluding carboxylic acids is 1. The number of aromatic nitrogens is 1. The molecule has 2 aromatic heterocycles. The topological polar surface area (TPSA) is 68.3 Å². The van der Waals surface area contributed by atoms with Crippen molar-refractivity contribution in [3.05, 3.63) is 66.7 Å². The number of para-hydroxylation sites is 3. The molecular formula is C21H14N2O3S. The molecule has 132 valence electrons. The molecule has 0 aliphatic heterocycles. The maximum absolute atomic E-state index is 12.3. The number of thioether (sulfide) groups is 1. The summed E-state index contributed by atoms with van der Waals surface area (Å²) in [6.07, 6.45) is 0. The maximum Gasteiger partial charge on any atom is 0.257 e. The zero-order valence-corrected chi connectivity index (χ0v) is 15.0. The first-order valence-corrected chi connectivity index (χ1v) is 9.44. The molecule has 0 aliphatic carbocycles. The molecule has 0 unspecified atom stereocenters. The van der Waals surface area contributed by atoms with Gasteiger partial charge in [0, 0.05) is 16.5 Å². The number of anilines is 1. The van der Waals surface area contributed by atoms with Crippen LogP contribution in [-0.2, 0) is 4.79 Å². The van der Waals surface area contributed by atoms with Gasteiger partial charge >= 0.3 is 0 Å². The fraction of sp³-hybridized carbons (Fsp3) is 0.0476. The van der Waals surface area contributed by atoms with Crippen LogP contribution in [0.3, 0.4) is 0 Å². The number of oxazole rings is 1. The third-order valence-corrected chi connectivity index (χ3v) is 5.09. The quantitative estimate of drug-likeness (QED) is 0.423. The lowest BCUT2D eigenvalue weighted by Crippen LogP contribution is -2.13. The predicted molar refractivity (Wildman–Crippen MR) is 107 cm³/mol. The second-order valence-corrected chi connectivity index (χ2v) is 7.02. The molecule has 5 nitrogen and oxygen atoms in total. The Balaban J connectivity index is 1.32. The van der Waals surface area contributed by atoms with Gasteiger partial charge in [0.15, 0.2) is 5.58 Å². The van der Waals surface area contributed by atoms with Crippen LogP contribution in [0.2, 0.25) is 0 Å². The van der Waals surface area contributed by atoms with Gasteiger partial charge in [-0.25, -0.2) is 4.98 Å². The van der Waals surface area contributed by atoms with Gasteiger partial charge in [-0.05, 0) is 36.4 Å². The largest absolute Gasteiger partial charge is 0.456 e. The SMILES string of the molecule is O=C(CSc1nc2ccccc2o1)Nc1ccc2oc3ccccc3c2c1. The third kappa shape index (κ3) is 3.04. The van der Waals surface area contributed by atoms with Gasteiger partial charge in [-0.1, -0.05) is 42.1 Å². The lowest BCUT2D eigenvalue weighted by atomic mass is 10.1. The molecule has 0 atom stereocenters. The standard InChI is InChI=1S/C21H14N2O3S/c24-20(12-27-21-23-16-6-2-4-8-19(16)26-21)22-13-9-10-18-15(11-13)14-5-1-3-7-17(14)25-18/h1-11H,12H2,(H,22,24). The van der Waals surface area contributed by atoms with Crippen LogP contribution in [0, 0.1) is 0 Å². The summed E-state index contributed by atoms with van der Waals surface area (Å²) in [7, 11) is 0. The molecule has 6 heteroatoms. The Morgan fingerprint density at radius 1 is 0.889 bits per heavy atom. The number of furan rings is 1. The number of hydrogen-bond donors (Lipinski definition) is 1. The second kappa shape index (κ2) is 6.48. The Hall–Kier alpha value is -3.25. The molecule has 0 saturated heterocycles. The molecule has 0 aliphatic rings. The number of benzene rings is 3. The highest BCUT2D eigenvalue weighted by molar-refractivity contribution is 7.99. The van der Waals surface area contributed by atoms with Crippen molar-refractivity contribution in [1.82, 2.24) is 4.98 Å². The molecule has 2 heterocycles. The summed E-state index contributed by atoms with van der Waals surface area (Å²) >= 11 is 1.27. The van der Waals surface area contributed by atoms with Crippen LogP contribution < -0.4 is 5.32 Å². The number of amides is 1. The van der Waals surface area contributed by atoms with Crippen molar-refractivity contribution < 1.29 is 13.6 Å². The summed E-state index contributed by atoms with van der Waals surface area (Å²) < 4.78 is 11.4. The number of fused-ring (bicyclic) bond motifs is 4. The minimum Gasteiger partial charge on any atom is -0.456 e. The van der Waals surface area contributed by atoms with E-state index in [9.17, 15) is 4.79 Å². The Morgan fingerprint density at radius 3 is 2.56 bits per heavy atom. The number of hydrogen-bond acceptors (Lipinski definition) is 5. The van der Waals surface area contributed by atoms with E-state index in [-0.39, 0.29) is 11.7 Å². The van der Waals surface area contributed by atoms with Crippen molar-refractivity contribution in [2.75, 3.05) is 11.1 Å². The lowest BCUT2D eigenvalue weighted by Gasteiger charge is -2.04. The van der Waals surface area contributed by atoms with Gasteiger partial charge in [-0.15, -0.1) is 0 Å². The second-order valence-electron chi connectivity index (χ2n) is 6.09. The van der Waals surface area contributed by atoms with Crippen molar-refractivity contribution in [1.29, 1.82) is 0 Å². The van der Waals surface area contributed by atoms with Crippen LogP contribution in [0.25, 0.3) is 33.0 Å². The maximum atomic E-state index is 12.3. The van der Waals surface area contributed by atoms with Gasteiger partial charge in [0.05, 0.1) is 5.75 Å². The van der Waals surface area contributed by atoms with Crippen molar-refractivity contribution in [3.8, 4) is 0 Å². The smallest absolute Gasteiger partial charge is 0.257 e. The van der Waals surface area contributed by atoms with E-state index in [1.165, 1.54) is 11.8 Å². The number of carbonyl (C=O) groups is 1. The van der Waals surface area contributed by atoms with E-state index in [0.29, 0.717) is 5.22 Å². The molecule has 5 aromatic rings. The molecule has 0 saturated carbocycles. The first kappa shape index (κ1) is 16.0. The number of nitrogens with one attached hydrogen (secondary N) is 1. The van der Waals surface area contributed by atoms with Gasteiger partial charge < -0.3 is 14.2 Å². The van der Waals surface area contributed by atoms with E-state index in [0.717, 1.165) is 38.7 Å². The zero-order chi connectivity index (χ0) is 18.2. The molecule has 0 spiro atoms. The Kier molecular flexibility index (Phi) is 3.83. The van der Waals surface area contributed by atoms with E-state index in [4.69, 9.17) is 8.83 Å². The molecule has 1 amide bonds. The summed E-state index contributed by atoms with van der Waals surface area (Å²) in [4.78, 5) is 16.7. The van der Waals surface area contributed by atoms with E-state index < -0.39 is 0 Å². The van der Waals surface area contributed by atoms with Crippen molar-refractivity contribution in [2.45, 2.75) is 5.22 Å². The molecule has 0 radical (unpaired) electrons. The Morgan fingerprint density at radius 2 is 1.67 bits per heavy atom. The van der Waals surface area contributed by atoms with Crippen LogP contribution >= 0.6 is 11.8 Å². The van der Waals surface area contributed by atoms with Crippen LogP contribution in [0.5, 0.6) is 0 Å². The van der Waals surface area contributed by atoms with Gasteiger partial charge in [0.25, 0.3) is 5.22 Å². The van der Waals surface area contributed by atoms with Crippen molar-refractivity contribution >= 4 is 56.4 Å². The van der Waals surface area contributed by atoms with E-state index in [1.807, 2.05) is 66.7 Å². The first-order chi connectivity index (χ1) is 13.3. The minimum absolute atomic E-state index is 0.116. The van der Waals surface area contributed by atoms with E-state index in [2.05, 4.69) is 10.3 Å². The number of rotatable bonds is 4. The van der Waals surface area contributed by atoms with Crippen LogP contribution in [0.4, 0.5) is 5.69 Å². The minimum atomic E-state index is -0.116. The van der Waals surface area contributed by atoms with E-state index in [1.54, 1.807) is 0 Å². The van der Waals surface area contributed by atoms with Crippen LogP contribution in [0.1, 0.15) is 0 Å². The highest BCUT2D eigenvalue weighted by Gasteiger charge is 2.11. The van der Waals surface area contributed by atoms with Crippen LogP contribution in [-0.4, -0.2) is 16.6 Å². The molecule has 1 N–H and O–H groups in total. The molecule has 0 bridgehead atoms. The van der Waals surface area contributed by atoms with Gasteiger partial charge in [0.2, 0.25) is 5.91 Å². The lowest BCUT2D eigenvalue weighted by molar-refractivity contribution is -0.113. The summed E-state index contributed by atoms with van der Waals surface area (Å²) in [6, 6.07) is 21.0. The summed E-state index contributed by atoms with van der Waals surface area (Å²) in [6.45, 7) is 0. The van der Waals surface area contributed by atoms with Gasteiger partial charge in [-0.3, -0.25) is 4.79 Å². The fourth-order valence-electron chi connectivity index (χ4n) is 3.04. The number of nitrogens with zero attached hydrogens (tertiary/aromatic N) is 1. The fourth-order valence-corrected chi connectivity index (χ4v) is 3.68. The summed E-state index contributed by atoms with van der Waals surface area (Å²) in [5.41, 5.74) is 3.88. The normalized spacial score (nSPS) is 11.4. The third-order valence-electron chi connectivity index (χ3n) is 4.26. The molecule has 27 heavy (non-hydrogen) atoms. The molecule has 3 aromatic carbocycles. The van der Waals surface area contributed by atoms with Crippen molar-refractivity contribution in [3.63, 3.8) is 0 Å². The summed E-state index contributed by atoms with van der Waals surface area (Å²) in [5, 5.41) is 5.42. The predicted octanol–water partition coefficient (Wildman–Crippen LogP) is 5.46. The average Bonchev–Trinajstić information content (AvgIpc) is 3.27. The molecular weight excluding hydrogens is 360 g/mol.